The maximum absolute atomic E-state index is 13.3. The Bertz CT molecular complexity index is 890. The van der Waals surface area contributed by atoms with Crippen molar-refractivity contribution in [2.75, 3.05) is 13.1 Å². The van der Waals surface area contributed by atoms with Gasteiger partial charge in [0.05, 0.1) is 0 Å². The number of guanidine groups is 1. The number of nitrogens with two attached hydrogens (primary N) is 4. The predicted octanol–water partition coefficient (Wildman–Crippen LogP) is -0.387. The van der Waals surface area contributed by atoms with E-state index in [1.807, 2.05) is 6.92 Å². The summed E-state index contributed by atoms with van der Waals surface area (Å²) in [6.45, 7) is 2.67. The lowest BCUT2D eigenvalue weighted by atomic mass is 10.0. The van der Waals surface area contributed by atoms with E-state index in [4.69, 9.17) is 22.9 Å². The first-order valence-electron chi connectivity index (χ1n) is 12.7. The Labute approximate surface area is 218 Å². The van der Waals surface area contributed by atoms with Crippen LogP contribution in [0.3, 0.4) is 0 Å². The van der Waals surface area contributed by atoms with Gasteiger partial charge in [-0.1, -0.05) is 38.0 Å². The minimum atomic E-state index is -0.946. The number of nitrogens with one attached hydrogen (secondary N) is 3. The topological polar surface area (TPSA) is 221 Å². The summed E-state index contributed by atoms with van der Waals surface area (Å²) in [4.78, 5) is 54.8. The highest BCUT2D eigenvalue weighted by Gasteiger charge is 2.28. The van der Waals surface area contributed by atoms with Crippen molar-refractivity contribution in [2.45, 2.75) is 76.4 Å². The van der Waals surface area contributed by atoms with Crippen LogP contribution in [0.4, 0.5) is 0 Å². The molecule has 37 heavy (non-hydrogen) atoms. The number of benzene rings is 1. The summed E-state index contributed by atoms with van der Waals surface area (Å²) in [7, 11) is 0. The summed E-state index contributed by atoms with van der Waals surface area (Å²) in [5, 5.41) is 8.13. The molecule has 0 saturated heterocycles. The average molecular weight is 519 g/mol. The van der Waals surface area contributed by atoms with Crippen LogP contribution >= 0.6 is 0 Å². The van der Waals surface area contributed by atoms with E-state index in [0.717, 1.165) is 6.42 Å². The first-order valence-corrected chi connectivity index (χ1v) is 12.7. The van der Waals surface area contributed by atoms with E-state index in [0.29, 0.717) is 50.6 Å². The largest absolute Gasteiger partial charge is 0.370 e. The van der Waals surface area contributed by atoms with E-state index in [-0.39, 0.29) is 18.9 Å². The second kappa shape index (κ2) is 17.7. The Morgan fingerprint density at radius 1 is 0.784 bits per heavy atom. The number of primary amides is 1. The van der Waals surface area contributed by atoms with Crippen LogP contribution in [-0.2, 0) is 14.4 Å². The number of hydrogen-bond acceptors (Lipinski definition) is 6. The van der Waals surface area contributed by atoms with Crippen LogP contribution in [0.15, 0.2) is 35.3 Å². The fraction of sp³-hybridized carbons (Fsp3) is 0.560. The molecule has 4 amide bonds. The van der Waals surface area contributed by atoms with Gasteiger partial charge in [0.25, 0.3) is 5.91 Å². The molecule has 0 aliphatic rings. The molecule has 11 N–H and O–H groups in total. The highest BCUT2D eigenvalue weighted by atomic mass is 16.2. The van der Waals surface area contributed by atoms with Gasteiger partial charge in [0, 0.05) is 12.1 Å². The van der Waals surface area contributed by atoms with Crippen molar-refractivity contribution < 1.29 is 19.2 Å². The van der Waals surface area contributed by atoms with Gasteiger partial charge >= 0.3 is 0 Å². The van der Waals surface area contributed by atoms with Crippen molar-refractivity contribution in [2.24, 2.45) is 27.9 Å². The van der Waals surface area contributed by atoms with Crippen molar-refractivity contribution in [3.63, 3.8) is 0 Å². The van der Waals surface area contributed by atoms with Crippen molar-refractivity contribution in [3.8, 4) is 0 Å². The Morgan fingerprint density at radius 3 is 1.92 bits per heavy atom. The fourth-order valence-corrected chi connectivity index (χ4v) is 3.60. The number of carbonyl (C=O) groups is 4. The number of carbonyl (C=O) groups excluding carboxylic acids is 4. The lowest BCUT2D eigenvalue weighted by Gasteiger charge is -2.25. The molecule has 0 bridgehead atoms. The molecule has 1 aromatic carbocycles. The van der Waals surface area contributed by atoms with Crippen LogP contribution in [0.2, 0.25) is 0 Å². The molecular weight excluding hydrogens is 476 g/mol. The molecule has 0 saturated carbocycles. The molecule has 0 aliphatic carbocycles. The maximum Gasteiger partial charge on any atom is 0.251 e. The van der Waals surface area contributed by atoms with Gasteiger partial charge in [0.1, 0.15) is 18.1 Å². The monoisotopic (exact) mass is 518 g/mol. The molecule has 0 aliphatic heterocycles. The Morgan fingerprint density at radius 2 is 1.35 bits per heavy atom. The van der Waals surface area contributed by atoms with Gasteiger partial charge in [-0.15, -0.1) is 0 Å². The summed E-state index contributed by atoms with van der Waals surface area (Å²) in [5.74, 6) is -2.19. The molecule has 0 heterocycles. The van der Waals surface area contributed by atoms with Crippen LogP contribution in [0.5, 0.6) is 0 Å². The molecule has 12 nitrogen and oxygen atoms in total. The van der Waals surface area contributed by atoms with E-state index < -0.39 is 41.8 Å². The minimum Gasteiger partial charge on any atom is -0.370 e. The van der Waals surface area contributed by atoms with Crippen LogP contribution in [0.1, 0.15) is 68.6 Å². The van der Waals surface area contributed by atoms with Gasteiger partial charge in [-0.3, -0.25) is 24.2 Å². The van der Waals surface area contributed by atoms with Gasteiger partial charge in [-0.25, -0.2) is 0 Å². The molecule has 1 aromatic rings. The van der Waals surface area contributed by atoms with Crippen LogP contribution in [0.25, 0.3) is 0 Å². The van der Waals surface area contributed by atoms with Gasteiger partial charge < -0.3 is 38.9 Å². The van der Waals surface area contributed by atoms with Crippen LogP contribution < -0.4 is 38.9 Å². The average Bonchev–Trinajstić information content (AvgIpc) is 2.87. The third-order valence-corrected chi connectivity index (χ3v) is 5.69. The first-order chi connectivity index (χ1) is 17.7. The third-order valence-electron chi connectivity index (χ3n) is 5.69. The number of aliphatic imine (C=N–C) groups is 1. The molecular formula is C25H42N8O4. The molecule has 206 valence electrons. The normalized spacial score (nSPS) is 13.0. The van der Waals surface area contributed by atoms with E-state index in [1.165, 1.54) is 0 Å². The Hall–Kier alpha value is -3.67. The highest BCUT2D eigenvalue weighted by Crippen LogP contribution is 2.08. The van der Waals surface area contributed by atoms with E-state index in [2.05, 4.69) is 20.9 Å². The number of rotatable bonds is 18. The smallest absolute Gasteiger partial charge is 0.251 e. The molecule has 0 spiro atoms. The van der Waals surface area contributed by atoms with Gasteiger partial charge in [0.2, 0.25) is 17.7 Å². The maximum atomic E-state index is 13.3. The SMILES string of the molecule is CCCC[C@@H](NC(=O)[C@H](CCCCN)NC(=O)[C@H](CCCN=C(N)N)NC(=O)c1ccccc1)C(N)=O. The zero-order valence-corrected chi connectivity index (χ0v) is 21.6. The zero-order valence-electron chi connectivity index (χ0n) is 21.6. The number of hydrogen-bond donors (Lipinski definition) is 7. The van der Waals surface area contributed by atoms with Crippen molar-refractivity contribution in [1.82, 2.24) is 16.0 Å². The number of nitrogens with zero attached hydrogens (tertiary/aromatic N) is 1. The lowest BCUT2D eigenvalue weighted by molar-refractivity contribution is -0.132. The number of unbranched alkanes of at least 4 members (excludes halogenated alkanes) is 2. The summed E-state index contributed by atoms with van der Waals surface area (Å²) in [6.07, 6.45) is 4.13. The van der Waals surface area contributed by atoms with Crippen LogP contribution in [0, 0.1) is 0 Å². The summed E-state index contributed by atoms with van der Waals surface area (Å²) >= 11 is 0. The lowest BCUT2D eigenvalue weighted by Crippen LogP contribution is -2.56. The van der Waals surface area contributed by atoms with Crippen molar-refractivity contribution in [3.05, 3.63) is 35.9 Å². The fourth-order valence-electron chi connectivity index (χ4n) is 3.60. The summed E-state index contributed by atoms with van der Waals surface area (Å²) in [5.41, 5.74) is 22.2. The van der Waals surface area contributed by atoms with Gasteiger partial charge in [0.15, 0.2) is 5.96 Å². The third kappa shape index (κ3) is 12.7. The molecule has 1 rings (SSSR count). The van der Waals surface area contributed by atoms with Crippen molar-refractivity contribution >= 4 is 29.6 Å². The van der Waals surface area contributed by atoms with E-state index >= 15 is 0 Å². The zero-order chi connectivity index (χ0) is 27.6. The van der Waals surface area contributed by atoms with Gasteiger partial charge in [-0.2, -0.15) is 0 Å². The summed E-state index contributed by atoms with van der Waals surface area (Å²) in [6, 6.07) is 5.76. The Kier molecular flexibility index (Phi) is 15.0. The molecule has 0 aromatic heterocycles. The predicted molar refractivity (Wildman–Crippen MR) is 143 cm³/mol. The molecule has 3 atom stereocenters. The molecule has 0 radical (unpaired) electrons. The molecule has 0 fully saturated rings. The minimum absolute atomic E-state index is 0.0713. The van der Waals surface area contributed by atoms with Gasteiger partial charge in [-0.05, 0) is 57.2 Å². The number of amides is 4. The van der Waals surface area contributed by atoms with Crippen LogP contribution in [-0.4, -0.2) is 60.8 Å². The van der Waals surface area contributed by atoms with E-state index in [9.17, 15) is 19.2 Å². The standard InChI is InChI=1S/C25H42N8O4/c1-2-3-12-18(21(27)34)31-23(36)19(13-7-8-15-26)33-24(37)20(14-9-16-30-25(28)29)32-22(35)17-10-5-4-6-11-17/h4-6,10-11,18-20H,2-3,7-9,12-16,26H2,1H3,(H2,27,34)(H,31,36)(H,32,35)(H,33,37)(H4,28,29,30)/t18-,19+,20+/m1/s1. The second-order valence-electron chi connectivity index (χ2n) is 8.79. The second-order valence-corrected chi connectivity index (χ2v) is 8.79. The molecule has 12 heteroatoms. The Balaban J connectivity index is 3.02. The first kappa shape index (κ1) is 31.4. The summed E-state index contributed by atoms with van der Waals surface area (Å²) < 4.78 is 0. The van der Waals surface area contributed by atoms with E-state index in [1.54, 1.807) is 30.3 Å². The highest BCUT2D eigenvalue weighted by molar-refractivity contribution is 5.98. The quantitative estimate of drug-likeness (QED) is 0.0774. The molecule has 0 unspecified atom stereocenters. The van der Waals surface area contributed by atoms with Crippen molar-refractivity contribution in [1.29, 1.82) is 0 Å².